The number of aryl methyl sites for hydroxylation is 1. The van der Waals surface area contributed by atoms with Crippen LogP contribution in [0.1, 0.15) is 30.9 Å². The lowest BCUT2D eigenvalue weighted by atomic mass is 9.87. The minimum Gasteiger partial charge on any atom is -0.385 e. The Balaban J connectivity index is 1.75. The third-order valence-corrected chi connectivity index (χ3v) is 4.41. The molecule has 1 heterocycles. The van der Waals surface area contributed by atoms with E-state index >= 15 is 0 Å². The molecule has 0 radical (unpaired) electrons. The summed E-state index contributed by atoms with van der Waals surface area (Å²) >= 11 is 0. The Morgan fingerprint density at radius 1 is 1.26 bits per heavy atom. The highest BCUT2D eigenvalue weighted by molar-refractivity contribution is 5.95. The quantitative estimate of drug-likeness (QED) is 0.943. The number of benzene rings is 2. The van der Waals surface area contributed by atoms with Gasteiger partial charge in [0.1, 0.15) is 5.82 Å². The molecule has 120 valence electrons. The molecule has 0 bridgehead atoms. The number of halogens is 1. The summed E-state index contributed by atoms with van der Waals surface area (Å²) in [5.74, 6) is -0.286. The fourth-order valence-corrected chi connectivity index (χ4v) is 3.09. The number of carbonyl (C=O) groups is 1. The molecule has 23 heavy (non-hydrogen) atoms. The zero-order chi connectivity index (χ0) is 16.4. The van der Waals surface area contributed by atoms with Gasteiger partial charge in [-0.25, -0.2) is 4.39 Å². The molecule has 3 nitrogen and oxygen atoms in total. The van der Waals surface area contributed by atoms with Crippen LogP contribution in [0, 0.1) is 5.82 Å². The molecule has 0 spiro atoms. The maximum Gasteiger partial charge on any atom is 0.227 e. The van der Waals surface area contributed by atoms with Gasteiger partial charge in [-0.1, -0.05) is 30.3 Å². The number of para-hydroxylation sites is 1. The molecule has 2 aromatic rings. The molecule has 0 fully saturated rings. The number of amides is 1. The minimum absolute atomic E-state index is 0.00258. The SMILES string of the molecule is CC1(O)CCN(C(=O)CCc2cccc(F)c2)c2ccccc21. The van der Waals surface area contributed by atoms with Crippen molar-refractivity contribution in [2.45, 2.75) is 31.8 Å². The fraction of sp³-hybridized carbons (Fsp3) is 0.316. The van der Waals surface area contributed by atoms with Gasteiger partial charge in [-0.2, -0.15) is 0 Å². The van der Waals surface area contributed by atoms with Crippen molar-refractivity contribution in [1.82, 2.24) is 0 Å². The van der Waals surface area contributed by atoms with E-state index in [2.05, 4.69) is 0 Å². The molecule has 4 heteroatoms. The second-order valence-electron chi connectivity index (χ2n) is 6.22. The van der Waals surface area contributed by atoms with E-state index in [1.54, 1.807) is 17.9 Å². The van der Waals surface area contributed by atoms with Crippen molar-refractivity contribution < 1.29 is 14.3 Å². The summed E-state index contributed by atoms with van der Waals surface area (Å²) in [6.07, 6.45) is 1.33. The molecule has 1 N–H and O–H groups in total. The van der Waals surface area contributed by atoms with Crippen molar-refractivity contribution in [3.8, 4) is 0 Å². The summed E-state index contributed by atoms with van der Waals surface area (Å²) < 4.78 is 13.2. The summed E-state index contributed by atoms with van der Waals surface area (Å²) in [4.78, 5) is 14.3. The van der Waals surface area contributed by atoms with E-state index in [9.17, 15) is 14.3 Å². The van der Waals surface area contributed by atoms with E-state index in [1.165, 1.54) is 12.1 Å². The maximum absolute atomic E-state index is 13.2. The molecule has 1 amide bonds. The fourth-order valence-electron chi connectivity index (χ4n) is 3.09. The van der Waals surface area contributed by atoms with Gasteiger partial charge in [-0.15, -0.1) is 0 Å². The van der Waals surface area contributed by atoms with Crippen molar-refractivity contribution in [2.24, 2.45) is 0 Å². The summed E-state index contributed by atoms with van der Waals surface area (Å²) in [5, 5.41) is 10.5. The van der Waals surface area contributed by atoms with Crippen LogP contribution in [0.5, 0.6) is 0 Å². The van der Waals surface area contributed by atoms with Gasteiger partial charge in [-0.05, 0) is 43.5 Å². The first-order valence-corrected chi connectivity index (χ1v) is 7.84. The van der Waals surface area contributed by atoms with E-state index in [1.807, 2.05) is 30.3 Å². The summed E-state index contributed by atoms with van der Waals surface area (Å²) in [7, 11) is 0. The molecule has 0 aliphatic carbocycles. The van der Waals surface area contributed by atoms with E-state index in [0.29, 0.717) is 25.8 Å². The molecule has 1 atom stereocenters. The average molecular weight is 313 g/mol. The van der Waals surface area contributed by atoms with E-state index in [-0.39, 0.29) is 11.7 Å². The number of hydrogen-bond donors (Lipinski definition) is 1. The lowest BCUT2D eigenvalue weighted by molar-refractivity contribution is -0.119. The molecule has 1 aliphatic heterocycles. The van der Waals surface area contributed by atoms with Gasteiger partial charge >= 0.3 is 0 Å². The Labute approximate surface area is 135 Å². The number of carbonyl (C=O) groups excluding carboxylic acids is 1. The molecular weight excluding hydrogens is 293 g/mol. The van der Waals surface area contributed by atoms with Crippen molar-refractivity contribution in [3.63, 3.8) is 0 Å². The van der Waals surface area contributed by atoms with Crippen LogP contribution in [0.25, 0.3) is 0 Å². The van der Waals surface area contributed by atoms with Gasteiger partial charge in [0.2, 0.25) is 5.91 Å². The summed E-state index contributed by atoms with van der Waals surface area (Å²) in [6, 6.07) is 13.8. The van der Waals surface area contributed by atoms with Crippen molar-refractivity contribution >= 4 is 11.6 Å². The summed E-state index contributed by atoms with van der Waals surface area (Å²) in [5.41, 5.74) is 1.46. The van der Waals surface area contributed by atoms with Crippen LogP contribution in [-0.4, -0.2) is 17.6 Å². The van der Waals surface area contributed by atoms with Gasteiger partial charge in [0, 0.05) is 24.2 Å². The second-order valence-corrected chi connectivity index (χ2v) is 6.22. The monoisotopic (exact) mass is 313 g/mol. The number of nitrogens with zero attached hydrogens (tertiary/aromatic N) is 1. The van der Waals surface area contributed by atoms with Crippen LogP contribution < -0.4 is 4.90 Å². The number of anilines is 1. The highest BCUT2D eigenvalue weighted by Crippen LogP contribution is 2.38. The molecule has 0 aromatic heterocycles. The van der Waals surface area contributed by atoms with Crippen molar-refractivity contribution in [1.29, 1.82) is 0 Å². The first kappa shape index (κ1) is 15.7. The lowest BCUT2D eigenvalue weighted by Gasteiger charge is -2.38. The zero-order valence-corrected chi connectivity index (χ0v) is 13.1. The normalized spacial score (nSPS) is 20.2. The molecule has 0 saturated heterocycles. The highest BCUT2D eigenvalue weighted by atomic mass is 19.1. The molecular formula is C19H20FNO2. The minimum atomic E-state index is -0.907. The Kier molecular flexibility index (Phi) is 4.18. The first-order valence-electron chi connectivity index (χ1n) is 7.84. The average Bonchev–Trinajstić information content (AvgIpc) is 2.53. The number of aliphatic hydroxyl groups is 1. The van der Waals surface area contributed by atoms with Gasteiger partial charge < -0.3 is 10.0 Å². The Bertz CT molecular complexity index is 727. The molecule has 0 saturated carbocycles. The lowest BCUT2D eigenvalue weighted by Crippen LogP contribution is -2.42. The first-order chi connectivity index (χ1) is 11.0. The van der Waals surface area contributed by atoms with E-state index < -0.39 is 5.60 Å². The van der Waals surface area contributed by atoms with Gasteiger partial charge in [0.25, 0.3) is 0 Å². The summed E-state index contributed by atoms with van der Waals surface area (Å²) in [6.45, 7) is 2.27. The number of hydrogen-bond acceptors (Lipinski definition) is 2. The molecule has 1 unspecified atom stereocenters. The van der Waals surface area contributed by atoms with Crippen LogP contribution in [0.4, 0.5) is 10.1 Å². The predicted octanol–water partition coefficient (Wildman–Crippen LogP) is 3.40. The second kappa shape index (κ2) is 6.13. The number of rotatable bonds is 3. The van der Waals surface area contributed by atoms with E-state index in [0.717, 1.165) is 16.8 Å². The smallest absolute Gasteiger partial charge is 0.227 e. The third-order valence-electron chi connectivity index (χ3n) is 4.41. The molecule has 3 rings (SSSR count). The van der Waals surface area contributed by atoms with Crippen LogP contribution in [0.15, 0.2) is 48.5 Å². The highest BCUT2D eigenvalue weighted by Gasteiger charge is 2.34. The topological polar surface area (TPSA) is 40.5 Å². The third kappa shape index (κ3) is 3.27. The van der Waals surface area contributed by atoms with Crippen molar-refractivity contribution in [2.75, 3.05) is 11.4 Å². The largest absolute Gasteiger partial charge is 0.385 e. The van der Waals surface area contributed by atoms with Crippen LogP contribution in [0.2, 0.25) is 0 Å². The van der Waals surface area contributed by atoms with Crippen molar-refractivity contribution in [3.05, 3.63) is 65.5 Å². The number of fused-ring (bicyclic) bond motifs is 1. The van der Waals surface area contributed by atoms with Crippen LogP contribution in [-0.2, 0) is 16.8 Å². The molecule has 1 aliphatic rings. The van der Waals surface area contributed by atoms with Gasteiger partial charge in [-0.3, -0.25) is 4.79 Å². The zero-order valence-electron chi connectivity index (χ0n) is 13.1. The Morgan fingerprint density at radius 3 is 2.83 bits per heavy atom. The maximum atomic E-state index is 13.2. The van der Waals surface area contributed by atoms with Gasteiger partial charge in [0.15, 0.2) is 0 Å². The standard InChI is InChI=1S/C19H20FNO2/c1-19(23)11-12-21(17-8-3-2-7-16(17)19)18(22)10-9-14-5-4-6-15(20)13-14/h2-8,13,23H,9-12H2,1H3. The van der Waals surface area contributed by atoms with Crippen LogP contribution in [0.3, 0.4) is 0 Å². The Hall–Kier alpha value is -2.20. The molecule has 2 aromatic carbocycles. The van der Waals surface area contributed by atoms with Gasteiger partial charge in [0.05, 0.1) is 5.60 Å². The Morgan fingerprint density at radius 2 is 2.04 bits per heavy atom. The predicted molar refractivity (Wildman–Crippen MR) is 87.7 cm³/mol. The van der Waals surface area contributed by atoms with E-state index in [4.69, 9.17) is 0 Å². The van der Waals surface area contributed by atoms with Crippen LogP contribution >= 0.6 is 0 Å².